The SMILES string of the molecule is COc1cc(/C=C/C(=O)CC(O)/C=C/c2ccc(O)c(C)c2)ccc1N. The van der Waals surface area contributed by atoms with Crippen LogP contribution in [0.25, 0.3) is 12.2 Å². The fourth-order valence-electron chi connectivity index (χ4n) is 2.37. The molecule has 0 radical (unpaired) electrons. The fourth-order valence-corrected chi connectivity index (χ4v) is 2.37. The molecule has 2 rings (SSSR count). The lowest BCUT2D eigenvalue weighted by Crippen LogP contribution is -2.08. The maximum absolute atomic E-state index is 12.0. The van der Waals surface area contributed by atoms with Crippen molar-refractivity contribution in [2.45, 2.75) is 19.4 Å². The zero-order valence-electron chi connectivity index (χ0n) is 14.8. The number of phenols is 1. The number of allylic oxidation sites excluding steroid dienone is 1. The van der Waals surface area contributed by atoms with E-state index in [1.54, 1.807) is 61.5 Å². The van der Waals surface area contributed by atoms with Gasteiger partial charge in [0.05, 0.1) is 18.9 Å². The molecular weight excluding hydrogens is 330 g/mol. The number of ketones is 1. The quantitative estimate of drug-likeness (QED) is 0.524. The number of carbonyl (C=O) groups excluding carboxylic acids is 1. The van der Waals surface area contributed by atoms with Gasteiger partial charge >= 0.3 is 0 Å². The molecule has 0 aromatic heterocycles. The standard InChI is InChI=1S/C21H23NO4/c1-14-11-15(6-10-20(14)25)3-7-17(23)13-18(24)8-4-16-5-9-19(22)21(12-16)26-2/h3-12,17,23,25H,13,22H2,1-2H3/b7-3+,8-4+. The first kappa shape index (κ1) is 19.3. The first-order valence-corrected chi connectivity index (χ1v) is 8.19. The number of hydrogen-bond acceptors (Lipinski definition) is 5. The van der Waals surface area contributed by atoms with E-state index in [1.165, 1.54) is 13.2 Å². The lowest BCUT2D eigenvalue weighted by molar-refractivity contribution is -0.115. The van der Waals surface area contributed by atoms with Crippen molar-refractivity contribution in [3.63, 3.8) is 0 Å². The van der Waals surface area contributed by atoms with Crippen molar-refractivity contribution in [2.75, 3.05) is 12.8 Å². The van der Waals surface area contributed by atoms with Crippen molar-refractivity contribution in [3.05, 3.63) is 65.2 Å². The molecule has 4 N–H and O–H groups in total. The number of benzene rings is 2. The number of nitrogens with two attached hydrogens (primary N) is 1. The van der Waals surface area contributed by atoms with E-state index in [9.17, 15) is 15.0 Å². The molecule has 0 bridgehead atoms. The summed E-state index contributed by atoms with van der Waals surface area (Å²) in [5.74, 6) is 0.578. The third-order valence-corrected chi connectivity index (χ3v) is 3.86. The molecule has 136 valence electrons. The summed E-state index contributed by atoms with van der Waals surface area (Å²) < 4.78 is 5.14. The second kappa shape index (κ2) is 8.87. The summed E-state index contributed by atoms with van der Waals surface area (Å²) in [4.78, 5) is 12.0. The molecule has 0 spiro atoms. The van der Waals surface area contributed by atoms with Gasteiger partial charge in [-0.25, -0.2) is 0 Å². The zero-order chi connectivity index (χ0) is 19.1. The second-order valence-corrected chi connectivity index (χ2v) is 5.98. The molecule has 0 saturated carbocycles. The minimum absolute atomic E-state index is 0.0177. The van der Waals surface area contributed by atoms with Crippen LogP contribution in [0, 0.1) is 6.92 Å². The van der Waals surface area contributed by atoms with Gasteiger partial charge in [-0.15, -0.1) is 0 Å². The van der Waals surface area contributed by atoms with Crippen LogP contribution < -0.4 is 10.5 Å². The molecule has 0 aliphatic carbocycles. The molecule has 0 aliphatic rings. The van der Waals surface area contributed by atoms with E-state index in [-0.39, 0.29) is 18.0 Å². The molecule has 1 unspecified atom stereocenters. The Hall–Kier alpha value is -3.05. The summed E-state index contributed by atoms with van der Waals surface area (Å²) in [7, 11) is 1.53. The largest absolute Gasteiger partial charge is 0.508 e. The van der Waals surface area contributed by atoms with E-state index in [2.05, 4.69) is 0 Å². The van der Waals surface area contributed by atoms with Crippen molar-refractivity contribution in [1.29, 1.82) is 0 Å². The monoisotopic (exact) mass is 353 g/mol. The Kier molecular flexibility index (Phi) is 6.58. The highest BCUT2D eigenvalue weighted by atomic mass is 16.5. The van der Waals surface area contributed by atoms with Crippen molar-refractivity contribution < 1.29 is 19.7 Å². The van der Waals surface area contributed by atoms with Crippen LogP contribution in [0.4, 0.5) is 5.69 Å². The number of anilines is 1. The smallest absolute Gasteiger partial charge is 0.158 e. The average molecular weight is 353 g/mol. The number of aliphatic hydroxyl groups excluding tert-OH is 1. The minimum Gasteiger partial charge on any atom is -0.508 e. The van der Waals surface area contributed by atoms with E-state index in [0.717, 1.165) is 16.7 Å². The van der Waals surface area contributed by atoms with Crippen LogP contribution in [0.15, 0.2) is 48.6 Å². The van der Waals surface area contributed by atoms with Crippen molar-refractivity contribution in [3.8, 4) is 11.5 Å². The van der Waals surface area contributed by atoms with Gasteiger partial charge in [-0.1, -0.05) is 30.4 Å². The summed E-state index contributed by atoms with van der Waals surface area (Å²) in [6.45, 7) is 1.80. The summed E-state index contributed by atoms with van der Waals surface area (Å²) in [6.07, 6.45) is 5.46. The molecule has 26 heavy (non-hydrogen) atoms. The topological polar surface area (TPSA) is 92.8 Å². The number of ether oxygens (including phenoxy) is 1. The van der Waals surface area contributed by atoms with Gasteiger partial charge in [0.25, 0.3) is 0 Å². The summed E-state index contributed by atoms with van der Waals surface area (Å²) in [6, 6.07) is 10.4. The van der Waals surface area contributed by atoms with Crippen LogP contribution in [0.1, 0.15) is 23.1 Å². The van der Waals surface area contributed by atoms with Crippen LogP contribution in [0.2, 0.25) is 0 Å². The zero-order valence-corrected chi connectivity index (χ0v) is 14.8. The number of rotatable bonds is 7. The van der Waals surface area contributed by atoms with Gasteiger partial charge in [-0.3, -0.25) is 4.79 Å². The Morgan fingerprint density at radius 1 is 1.19 bits per heavy atom. The van der Waals surface area contributed by atoms with Gasteiger partial charge in [0, 0.05) is 6.42 Å². The molecule has 5 heteroatoms. The van der Waals surface area contributed by atoms with Gasteiger partial charge < -0.3 is 20.7 Å². The van der Waals surface area contributed by atoms with Crippen LogP contribution in [-0.4, -0.2) is 29.2 Å². The van der Waals surface area contributed by atoms with Gasteiger partial charge in [-0.2, -0.15) is 0 Å². The van der Waals surface area contributed by atoms with Gasteiger partial charge in [0.15, 0.2) is 5.78 Å². The second-order valence-electron chi connectivity index (χ2n) is 5.98. The molecular formula is C21H23NO4. The molecule has 2 aromatic rings. The molecule has 1 atom stereocenters. The summed E-state index contributed by atoms with van der Waals surface area (Å²) >= 11 is 0. The molecule has 0 saturated heterocycles. The molecule has 0 heterocycles. The highest BCUT2D eigenvalue weighted by Crippen LogP contribution is 2.23. The number of hydrogen-bond donors (Lipinski definition) is 3. The number of aliphatic hydroxyl groups is 1. The van der Waals surface area contributed by atoms with Crippen molar-refractivity contribution >= 4 is 23.6 Å². The highest BCUT2D eigenvalue weighted by Gasteiger charge is 2.06. The predicted molar refractivity (Wildman–Crippen MR) is 104 cm³/mol. The maximum Gasteiger partial charge on any atom is 0.158 e. The van der Waals surface area contributed by atoms with E-state index < -0.39 is 6.10 Å². The number of nitrogen functional groups attached to an aromatic ring is 1. The third kappa shape index (κ3) is 5.50. The number of carbonyl (C=O) groups is 1. The number of aryl methyl sites for hydroxylation is 1. The lowest BCUT2D eigenvalue weighted by atomic mass is 10.1. The molecule has 0 aliphatic heterocycles. The Morgan fingerprint density at radius 2 is 1.88 bits per heavy atom. The fraction of sp³-hybridized carbons (Fsp3) is 0.190. The lowest BCUT2D eigenvalue weighted by Gasteiger charge is -2.05. The van der Waals surface area contributed by atoms with Gasteiger partial charge in [0.2, 0.25) is 0 Å². The minimum atomic E-state index is -0.887. The summed E-state index contributed by atoms with van der Waals surface area (Å²) in [5.41, 5.74) is 8.66. The summed E-state index contributed by atoms with van der Waals surface area (Å²) in [5, 5.41) is 19.5. The van der Waals surface area contributed by atoms with Crippen LogP contribution in [-0.2, 0) is 4.79 Å². The maximum atomic E-state index is 12.0. The van der Waals surface area contributed by atoms with Crippen LogP contribution in [0.3, 0.4) is 0 Å². The normalized spacial score (nSPS) is 12.6. The van der Waals surface area contributed by atoms with E-state index >= 15 is 0 Å². The predicted octanol–water partition coefficient (Wildman–Crippen LogP) is 3.34. The van der Waals surface area contributed by atoms with Crippen molar-refractivity contribution in [2.24, 2.45) is 0 Å². The van der Waals surface area contributed by atoms with E-state index in [1.807, 2.05) is 0 Å². The number of aromatic hydroxyl groups is 1. The van der Waals surface area contributed by atoms with E-state index in [4.69, 9.17) is 10.5 Å². The Morgan fingerprint density at radius 3 is 2.58 bits per heavy atom. The number of phenolic OH excluding ortho intramolecular Hbond substituents is 1. The Balaban J connectivity index is 1.94. The van der Waals surface area contributed by atoms with E-state index in [0.29, 0.717) is 11.4 Å². The third-order valence-electron chi connectivity index (χ3n) is 3.86. The molecule has 5 nitrogen and oxygen atoms in total. The first-order valence-electron chi connectivity index (χ1n) is 8.19. The molecule has 2 aromatic carbocycles. The van der Waals surface area contributed by atoms with Crippen LogP contribution in [0.5, 0.6) is 11.5 Å². The Bertz CT molecular complexity index is 840. The van der Waals surface area contributed by atoms with Gasteiger partial charge in [-0.05, 0) is 54.0 Å². The Labute approximate surface area is 153 Å². The average Bonchev–Trinajstić information content (AvgIpc) is 2.62. The first-order chi connectivity index (χ1) is 12.4. The molecule has 0 fully saturated rings. The van der Waals surface area contributed by atoms with Crippen LogP contribution >= 0.6 is 0 Å². The van der Waals surface area contributed by atoms with Crippen molar-refractivity contribution in [1.82, 2.24) is 0 Å². The number of methoxy groups -OCH3 is 1. The highest BCUT2D eigenvalue weighted by molar-refractivity contribution is 5.94. The molecule has 0 amide bonds. The van der Waals surface area contributed by atoms with Gasteiger partial charge in [0.1, 0.15) is 11.5 Å².